The second-order valence-corrected chi connectivity index (χ2v) is 31.0. The van der Waals surface area contributed by atoms with Gasteiger partial charge in [0.05, 0.1) is 147 Å². The van der Waals surface area contributed by atoms with Gasteiger partial charge in [-0.15, -0.1) is 0 Å². The number of allylic oxidation sites excluding steroid dienone is 6. The molecule has 1 aromatic rings. The number of carbonyl (C=O) groups is 15. The summed E-state index contributed by atoms with van der Waals surface area (Å²) in [6.45, 7) is 53.9. The number of amides is 9. The SMILES string of the molecule is C=CC(=O)CC(O)C(O)NC(=O)C=C.C=CC(=O)CCC(O)C(O)CNC(=O)C=C.C=CC(=O)CCC(O)COCCCCOCC(O)CNC(=O)C=C.C=CC(=O)CCC(O)COCCOCC(O)CNC(=O)C=C.C=CC(=O)CCCCOCCOCCCNC(=O)C=C.C=CC(=O)CCCOCCOCCNC(=O)C=C.C=CC(=O)NCC(O)Cn1c(=O)n(CC(O)CNC(=O)C=C)c(=O)n(CC(O)CNC(=O)C=C)c1=O. The van der Waals surface area contributed by atoms with Crippen LogP contribution in [0.2, 0.25) is 0 Å². The van der Waals surface area contributed by atoms with Gasteiger partial charge in [-0.25, -0.2) is 28.1 Å². The number of carbonyl (C=O) groups excluding carboxylic acids is 15. The minimum absolute atomic E-state index is 0.0350. The molecule has 1 aromatic heterocycles. The predicted molar refractivity (Wildman–Crippen MR) is 556 cm³/mol. The van der Waals surface area contributed by atoms with E-state index in [1.54, 1.807) is 0 Å². The molecule has 1 heterocycles. The monoisotopic (exact) mass is 2130 g/mol. The molecule has 0 saturated heterocycles. The van der Waals surface area contributed by atoms with Crippen LogP contribution < -0.4 is 64.9 Å². The van der Waals surface area contributed by atoms with Gasteiger partial charge in [0.2, 0.25) is 53.2 Å². The Morgan fingerprint density at radius 3 is 0.827 bits per heavy atom. The van der Waals surface area contributed by atoms with Crippen molar-refractivity contribution in [1.82, 2.24) is 61.6 Å². The fourth-order valence-electron chi connectivity index (χ4n) is 10.1. The van der Waals surface area contributed by atoms with Crippen molar-refractivity contribution in [3.05, 3.63) is 221 Å². The van der Waals surface area contributed by atoms with Crippen molar-refractivity contribution in [3.63, 3.8) is 0 Å². The molecule has 0 fully saturated rings. The number of ketones is 6. The van der Waals surface area contributed by atoms with E-state index in [2.05, 4.69) is 141 Å². The molecule has 150 heavy (non-hydrogen) atoms. The molecule has 49 nitrogen and oxygen atoms in total. The summed E-state index contributed by atoms with van der Waals surface area (Å²) < 4.78 is 43.6. The molecule has 0 bridgehead atoms. The maximum atomic E-state index is 12.9. The minimum atomic E-state index is -1.48. The zero-order valence-electron chi connectivity index (χ0n) is 85.7. The zero-order chi connectivity index (χ0) is 115. The normalized spacial score (nSPS) is 12.4. The Kier molecular flexibility index (Phi) is 99.0. The van der Waals surface area contributed by atoms with Crippen molar-refractivity contribution in [1.29, 1.82) is 0 Å². The quantitative estimate of drug-likeness (QED) is 0.0169. The van der Waals surface area contributed by atoms with E-state index >= 15 is 0 Å². The maximum Gasteiger partial charge on any atom is 0.336 e. The van der Waals surface area contributed by atoms with E-state index in [-0.39, 0.29) is 164 Å². The smallest absolute Gasteiger partial charge is 0.336 e. The summed E-state index contributed by atoms with van der Waals surface area (Å²) >= 11 is 0. The van der Waals surface area contributed by atoms with Crippen LogP contribution in [-0.4, -0.2) is 383 Å². The average molecular weight is 2130 g/mol. The first kappa shape index (κ1) is 148. The van der Waals surface area contributed by atoms with Crippen LogP contribution in [0.25, 0.3) is 0 Å². The summed E-state index contributed by atoms with van der Waals surface area (Å²) in [6, 6.07) is 0. The summed E-state index contributed by atoms with van der Waals surface area (Å²) in [4.78, 5) is 203. The van der Waals surface area contributed by atoms with E-state index in [0.717, 1.165) is 80.7 Å². The molecule has 11 atom stereocenters. The van der Waals surface area contributed by atoms with Gasteiger partial charge in [-0.3, -0.25) is 71.9 Å². The third-order valence-corrected chi connectivity index (χ3v) is 18.5. The van der Waals surface area contributed by atoms with Crippen LogP contribution in [0.3, 0.4) is 0 Å². The number of hydrogen-bond acceptors (Lipinski definition) is 37. The number of unbranched alkanes of at least 4 members (excludes halogenated alkanes) is 2. The molecular formula is C101H160N12O37. The molecule has 0 aliphatic heterocycles. The highest BCUT2D eigenvalue weighted by atomic mass is 16.5. The molecule has 0 aliphatic carbocycles. The zero-order valence-corrected chi connectivity index (χ0v) is 85.7. The van der Waals surface area contributed by atoms with Crippen molar-refractivity contribution in [2.45, 2.75) is 183 Å². The number of rotatable bonds is 85. The van der Waals surface area contributed by atoms with Gasteiger partial charge in [0.15, 0.2) is 40.9 Å². The Labute approximate surface area is 874 Å². The first-order chi connectivity index (χ1) is 71.3. The molecule has 846 valence electrons. The minimum Gasteiger partial charge on any atom is -0.391 e. The van der Waals surface area contributed by atoms with Crippen molar-refractivity contribution >= 4 is 87.9 Å². The van der Waals surface area contributed by atoms with E-state index < -0.39 is 139 Å². The number of nitrogens with zero attached hydrogens (tertiary/aromatic N) is 3. The van der Waals surface area contributed by atoms with Gasteiger partial charge in [-0.2, -0.15) is 0 Å². The van der Waals surface area contributed by atoms with Gasteiger partial charge in [-0.1, -0.05) is 98.7 Å². The highest BCUT2D eigenvalue weighted by molar-refractivity contribution is 5.93. The average Bonchev–Trinajstić information content (AvgIpc) is 0.776. The highest BCUT2D eigenvalue weighted by Gasteiger charge is 2.25. The number of ether oxygens (including phenoxy) is 8. The second kappa shape index (κ2) is 101. The van der Waals surface area contributed by atoms with E-state index in [9.17, 15) is 137 Å². The van der Waals surface area contributed by atoms with E-state index in [4.69, 9.17) is 43.0 Å². The standard InChI is InChI=1S/C21H30N6O9.C17H29NO6.C15H25NO6.C15H25NO4.C13H21NO4.C11H17NO4.C9H13NO4/c1-4-16(31)22-7-13(28)10-25-19(34)26(11-14(29)8-23-17(32)5-2)21(36)27(20(25)35)12-15(30)9-24-18(33)6-3;1-3-14(19)7-8-15(20)12-23-9-5-6-10-24-13-16(21)11-18-17(22)4-2;1-3-12(17)5-6-13(18)10-21-7-8-22-11-14(19)9-16-15(20)4-2;1-3-14(17)8-5-6-10-19-12-13-20-11-7-9-16-15(18)4-2;1-3-12(15)6-5-8-17-10-11-18-9-7-14-13(16)4-2;1-3-8(13)5-6-9(14)10(15)7-12-11(16)4-2;1-3-6(11)5-7(12)9(14)10-8(13)4-2/h4-6,13-15,28-30H,1-3,7-12H2,(H,22,31)(H,23,32)(H,24,33);3-4,15-16,20-21H,1-2,5-13H2,(H,18,22);3-4,13-14,18-19H,1-2,5-11H2,(H,16,20);3-4H,1-2,5-13H2,(H,16,18);3-4H,1-2,5-11H2,(H,14,16);3-4,9-10,14-15H,1-2,5-7H2,(H,12,16);3-4,7,9,12,14H,1-2,5H2,(H,10,13). The second-order valence-electron chi connectivity index (χ2n) is 31.0. The van der Waals surface area contributed by atoms with Crippen LogP contribution >= 0.6 is 0 Å². The molecule has 49 heteroatoms. The molecule has 0 radical (unpaired) electrons. The van der Waals surface area contributed by atoms with E-state index in [1.807, 2.05) is 5.32 Å². The van der Waals surface area contributed by atoms with Gasteiger partial charge >= 0.3 is 17.1 Å². The molecule has 9 amide bonds. The Hall–Kier alpha value is -13.0. The van der Waals surface area contributed by atoms with E-state index in [0.29, 0.717) is 125 Å². The van der Waals surface area contributed by atoms with Crippen LogP contribution in [0.15, 0.2) is 204 Å². The summed E-state index contributed by atoms with van der Waals surface area (Å²) in [5.74, 6) is -4.63. The van der Waals surface area contributed by atoms with Gasteiger partial charge in [-0.05, 0) is 149 Å². The number of nitrogens with one attached hydrogen (secondary N) is 9. The van der Waals surface area contributed by atoms with Crippen LogP contribution in [-0.2, 0) is 129 Å². The molecule has 0 aliphatic rings. The molecule has 0 aromatic carbocycles. The summed E-state index contributed by atoms with van der Waals surface area (Å²) in [7, 11) is 0. The predicted octanol–water partition coefficient (Wildman–Crippen LogP) is -3.75. The molecule has 0 saturated carbocycles. The third-order valence-electron chi connectivity index (χ3n) is 18.5. The fraction of sp³-hybridized carbons (Fsp3) is 0.525. The number of aliphatic hydroxyl groups excluding tert-OH is 11. The molecule has 0 spiro atoms. The third kappa shape index (κ3) is 92.4. The van der Waals surface area contributed by atoms with Gasteiger partial charge < -0.3 is 142 Å². The topological polar surface area (TPSA) is 727 Å². The lowest BCUT2D eigenvalue weighted by atomic mass is 10.1. The molecular weight excluding hydrogens is 1970 g/mol. The summed E-state index contributed by atoms with van der Waals surface area (Å²) in [6.07, 6.45) is 11.6. The lowest BCUT2D eigenvalue weighted by Crippen LogP contribution is -2.58. The number of hydrogen-bond donors (Lipinski definition) is 20. The van der Waals surface area contributed by atoms with Gasteiger partial charge in [0.1, 0.15) is 6.10 Å². The summed E-state index contributed by atoms with van der Waals surface area (Å²) in [5.41, 5.74) is -3.54. The Balaban J connectivity index is -0.000000412. The maximum absolute atomic E-state index is 12.9. The van der Waals surface area contributed by atoms with Gasteiger partial charge in [0.25, 0.3) is 0 Å². The Morgan fingerprint density at radius 2 is 0.487 bits per heavy atom. The van der Waals surface area contributed by atoms with Crippen molar-refractivity contribution in [3.8, 4) is 0 Å². The largest absolute Gasteiger partial charge is 0.391 e. The summed E-state index contributed by atoms with van der Waals surface area (Å²) in [5, 5.41) is 127. The Morgan fingerprint density at radius 1 is 0.233 bits per heavy atom. The molecule has 20 N–H and O–H groups in total. The number of aliphatic hydroxyl groups is 11. The van der Waals surface area contributed by atoms with Crippen LogP contribution in [0.5, 0.6) is 0 Å². The van der Waals surface area contributed by atoms with E-state index in [1.165, 1.54) is 42.5 Å². The van der Waals surface area contributed by atoms with Gasteiger partial charge in [0, 0.05) is 124 Å². The Bertz CT molecular complexity index is 4100. The lowest BCUT2D eigenvalue weighted by molar-refractivity contribution is -0.125. The molecule has 11 unspecified atom stereocenters. The van der Waals surface area contributed by atoms with Crippen molar-refractivity contribution in [2.75, 3.05) is 158 Å². The van der Waals surface area contributed by atoms with Crippen molar-refractivity contribution < 1.29 is 166 Å². The van der Waals surface area contributed by atoms with Crippen LogP contribution in [0.1, 0.15) is 96.3 Å². The number of aromatic nitrogens is 3. The van der Waals surface area contributed by atoms with Crippen molar-refractivity contribution in [2.24, 2.45) is 0 Å². The molecule has 1 rings (SSSR count). The fourth-order valence-corrected chi connectivity index (χ4v) is 10.1. The first-order valence-corrected chi connectivity index (χ1v) is 47.5. The lowest BCUT2D eigenvalue weighted by Gasteiger charge is -2.19. The highest BCUT2D eigenvalue weighted by Crippen LogP contribution is 2.07. The first-order valence-electron chi connectivity index (χ1n) is 47.5. The van der Waals surface area contributed by atoms with Crippen LogP contribution in [0.4, 0.5) is 0 Å². The van der Waals surface area contributed by atoms with Crippen LogP contribution in [0, 0.1) is 0 Å².